The van der Waals surface area contributed by atoms with Crippen LogP contribution in [-0.2, 0) is 16.0 Å². The highest BCUT2D eigenvalue weighted by Crippen LogP contribution is 2.39. The Kier molecular flexibility index (Phi) is 7.60. The molecule has 1 N–H and O–H groups in total. The van der Waals surface area contributed by atoms with Crippen LogP contribution >= 0.6 is 0 Å². The molecular formula is C29H38N2O3. The number of hydrogen-bond acceptors (Lipinski definition) is 3. The molecule has 1 heterocycles. The summed E-state index contributed by atoms with van der Waals surface area (Å²) in [7, 11) is 0. The molecule has 2 atom stereocenters. The number of nitrogens with zero attached hydrogens (tertiary/aromatic N) is 1. The van der Waals surface area contributed by atoms with Gasteiger partial charge in [0.05, 0.1) is 6.04 Å². The SMILES string of the molecule is Cc1ccc(C2c3cc(OC(C)C(=O)NCC(C)C)ccc3CCN2C(=O)C2CCCC2)cc1. The summed E-state index contributed by atoms with van der Waals surface area (Å²) in [6.45, 7) is 9.36. The van der Waals surface area contributed by atoms with Gasteiger partial charge in [0.1, 0.15) is 5.75 Å². The van der Waals surface area contributed by atoms with Gasteiger partial charge in [0.15, 0.2) is 6.10 Å². The van der Waals surface area contributed by atoms with Crippen LogP contribution in [0.2, 0.25) is 0 Å². The predicted octanol–water partition coefficient (Wildman–Crippen LogP) is 5.20. The molecule has 2 aliphatic rings. The van der Waals surface area contributed by atoms with E-state index >= 15 is 0 Å². The summed E-state index contributed by atoms with van der Waals surface area (Å²) in [5.74, 6) is 1.36. The van der Waals surface area contributed by atoms with E-state index in [1.54, 1.807) is 6.92 Å². The van der Waals surface area contributed by atoms with E-state index in [-0.39, 0.29) is 23.8 Å². The first-order chi connectivity index (χ1) is 16.3. The lowest BCUT2D eigenvalue weighted by molar-refractivity contribution is -0.137. The summed E-state index contributed by atoms with van der Waals surface area (Å²) >= 11 is 0. The van der Waals surface area contributed by atoms with Crippen molar-refractivity contribution in [1.82, 2.24) is 10.2 Å². The highest BCUT2D eigenvalue weighted by atomic mass is 16.5. The largest absolute Gasteiger partial charge is 0.481 e. The van der Waals surface area contributed by atoms with Crippen molar-refractivity contribution in [2.75, 3.05) is 13.1 Å². The fourth-order valence-electron chi connectivity index (χ4n) is 5.13. The van der Waals surface area contributed by atoms with Gasteiger partial charge < -0.3 is 15.0 Å². The molecule has 2 unspecified atom stereocenters. The van der Waals surface area contributed by atoms with Crippen LogP contribution in [0.25, 0.3) is 0 Å². The summed E-state index contributed by atoms with van der Waals surface area (Å²) in [6, 6.07) is 14.5. The monoisotopic (exact) mass is 462 g/mol. The number of aryl methyl sites for hydroxylation is 1. The molecule has 0 spiro atoms. The van der Waals surface area contributed by atoms with Crippen LogP contribution in [0.4, 0.5) is 0 Å². The molecule has 2 aromatic rings. The molecule has 4 rings (SSSR count). The molecule has 5 heteroatoms. The van der Waals surface area contributed by atoms with E-state index in [1.165, 1.54) is 11.1 Å². The zero-order valence-electron chi connectivity index (χ0n) is 21.0. The van der Waals surface area contributed by atoms with Gasteiger partial charge in [-0.3, -0.25) is 9.59 Å². The van der Waals surface area contributed by atoms with Gasteiger partial charge in [-0.05, 0) is 67.9 Å². The van der Waals surface area contributed by atoms with Crippen LogP contribution in [0.3, 0.4) is 0 Å². The van der Waals surface area contributed by atoms with Gasteiger partial charge in [0.2, 0.25) is 5.91 Å². The summed E-state index contributed by atoms with van der Waals surface area (Å²) in [5.41, 5.74) is 4.67. The Labute approximate surface area is 203 Å². The second-order valence-corrected chi connectivity index (χ2v) is 10.3. The summed E-state index contributed by atoms with van der Waals surface area (Å²) in [6.07, 6.45) is 4.52. The van der Waals surface area contributed by atoms with Crippen LogP contribution in [0.5, 0.6) is 5.75 Å². The van der Waals surface area contributed by atoms with Crippen molar-refractivity contribution < 1.29 is 14.3 Å². The van der Waals surface area contributed by atoms with E-state index in [0.29, 0.717) is 18.2 Å². The third kappa shape index (κ3) is 5.45. The maximum absolute atomic E-state index is 13.6. The van der Waals surface area contributed by atoms with E-state index in [0.717, 1.165) is 49.8 Å². The fraction of sp³-hybridized carbons (Fsp3) is 0.517. The van der Waals surface area contributed by atoms with Crippen LogP contribution in [-0.4, -0.2) is 35.9 Å². The van der Waals surface area contributed by atoms with Gasteiger partial charge in [-0.1, -0.05) is 62.6 Å². The summed E-state index contributed by atoms with van der Waals surface area (Å²) in [5, 5.41) is 2.94. The van der Waals surface area contributed by atoms with Gasteiger partial charge >= 0.3 is 0 Å². The number of ether oxygens (including phenoxy) is 1. The molecular weight excluding hydrogens is 424 g/mol. The van der Waals surface area contributed by atoms with Gasteiger partial charge in [-0.2, -0.15) is 0 Å². The zero-order chi connectivity index (χ0) is 24.2. The average Bonchev–Trinajstić information content (AvgIpc) is 3.37. The van der Waals surface area contributed by atoms with E-state index < -0.39 is 6.10 Å². The number of hydrogen-bond donors (Lipinski definition) is 1. The molecule has 2 amide bonds. The van der Waals surface area contributed by atoms with Crippen LogP contribution < -0.4 is 10.1 Å². The smallest absolute Gasteiger partial charge is 0.260 e. The number of carbonyl (C=O) groups is 2. The molecule has 182 valence electrons. The molecule has 1 aliphatic heterocycles. The number of benzene rings is 2. The molecule has 0 aromatic heterocycles. The van der Waals surface area contributed by atoms with E-state index in [4.69, 9.17) is 4.74 Å². The van der Waals surface area contributed by atoms with Crippen molar-refractivity contribution in [3.63, 3.8) is 0 Å². The third-order valence-corrected chi connectivity index (χ3v) is 7.09. The topological polar surface area (TPSA) is 58.6 Å². The van der Waals surface area contributed by atoms with Crippen molar-refractivity contribution >= 4 is 11.8 Å². The van der Waals surface area contributed by atoms with Gasteiger partial charge in [-0.25, -0.2) is 0 Å². The first-order valence-electron chi connectivity index (χ1n) is 12.8. The minimum Gasteiger partial charge on any atom is -0.481 e. The average molecular weight is 463 g/mol. The third-order valence-electron chi connectivity index (χ3n) is 7.09. The number of carbonyl (C=O) groups excluding carboxylic acids is 2. The first-order valence-corrected chi connectivity index (χ1v) is 12.8. The first kappa shape index (κ1) is 24.3. The Hall–Kier alpha value is -2.82. The maximum Gasteiger partial charge on any atom is 0.260 e. The van der Waals surface area contributed by atoms with E-state index in [1.807, 2.05) is 12.1 Å². The maximum atomic E-state index is 13.6. The van der Waals surface area contributed by atoms with Crippen LogP contribution in [0.15, 0.2) is 42.5 Å². The molecule has 2 aromatic carbocycles. The van der Waals surface area contributed by atoms with Gasteiger partial charge in [0, 0.05) is 19.0 Å². The van der Waals surface area contributed by atoms with Crippen LogP contribution in [0.1, 0.15) is 74.8 Å². The Morgan fingerprint density at radius 3 is 2.44 bits per heavy atom. The minimum absolute atomic E-state index is 0.112. The number of fused-ring (bicyclic) bond motifs is 1. The second-order valence-electron chi connectivity index (χ2n) is 10.3. The van der Waals surface area contributed by atoms with E-state index in [2.05, 4.69) is 61.3 Å². The highest BCUT2D eigenvalue weighted by molar-refractivity contribution is 5.81. The van der Waals surface area contributed by atoms with Crippen molar-refractivity contribution in [3.8, 4) is 5.75 Å². The fourth-order valence-corrected chi connectivity index (χ4v) is 5.13. The molecule has 0 bridgehead atoms. The van der Waals surface area contributed by atoms with Crippen molar-refractivity contribution in [2.45, 2.75) is 71.9 Å². The molecule has 5 nitrogen and oxygen atoms in total. The molecule has 34 heavy (non-hydrogen) atoms. The lowest BCUT2D eigenvalue weighted by Gasteiger charge is -2.39. The lowest BCUT2D eigenvalue weighted by Crippen LogP contribution is -2.43. The predicted molar refractivity (Wildman–Crippen MR) is 135 cm³/mol. The van der Waals surface area contributed by atoms with Crippen molar-refractivity contribution in [1.29, 1.82) is 0 Å². The number of rotatable bonds is 7. The number of nitrogens with one attached hydrogen (secondary N) is 1. The lowest BCUT2D eigenvalue weighted by atomic mass is 9.86. The van der Waals surface area contributed by atoms with Crippen molar-refractivity contribution in [2.24, 2.45) is 11.8 Å². The van der Waals surface area contributed by atoms with E-state index in [9.17, 15) is 9.59 Å². The molecule has 0 saturated heterocycles. The second kappa shape index (κ2) is 10.6. The van der Waals surface area contributed by atoms with Gasteiger partial charge in [-0.15, -0.1) is 0 Å². The Morgan fingerprint density at radius 1 is 1.06 bits per heavy atom. The normalized spacial score (nSPS) is 19.1. The Balaban J connectivity index is 1.63. The number of amides is 2. The standard InChI is InChI=1S/C29H38N2O3/c1-19(2)18-30-28(32)21(4)34-25-14-13-22-15-16-31(29(33)24-7-5-6-8-24)27(26(22)17-25)23-11-9-20(3)10-12-23/h9-14,17,19,21,24,27H,5-8,15-16,18H2,1-4H3,(H,30,32). The minimum atomic E-state index is -0.588. The molecule has 0 radical (unpaired) electrons. The van der Waals surface area contributed by atoms with Gasteiger partial charge in [0.25, 0.3) is 5.91 Å². The zero-order valence-corrected chi connectivity index (χ0v) is 21.0. The summed E-state index contributed by atoms with van der Waals surface area (Å²) in [4.78, 5) is 28.1. The van der Waals surface area contributed by atoms with Crippen LogP contribution in [0, 0.1) is 18.8 Å². The summed E-state index contributed by atoms with van der Waals surface area (Å²) < 4.78 is 6.06. The molecule has 1 saturated carbocycles. The highest BCUT2D eigenvalue weighted by Gasteiger charge is 2.36. The molecule has 1 aliphatic carbocycles. The quantitative estimate of drug-likeness (QED) is 0.615. The Morgan fingerprint density at radius 2 is 1.76 bits per heavy atom. The van der Waals surface area contributed by atoms with Crippen molar-refractivity contribution in [3.05, 3.63) is 64.7 Å². The molecule has 1 fully saturated rings. The Bertz CT molecular complexity index is 1010.